The fraction of sp³-hybridized carbons (Fsp3) is 0.636. The second kappa shape index (κ2) is 7.94. The van der Waals surface area contributed by atoms with E-state index in [4.69, 9.17) is 0 Å². The first-order valence-corrected chi connectivity index (χ1v) is 6.41. The van der Waals surface area contributed by atoms with Crippen molar-refractivity contribution in [1.82, 2.24) is 15.2 Å². The summed E-state index contributed by atoms with van der Waals surface area (Å²) in [5.41, 5.74) is 0.990. The Morgan fingerprint density at radius 1 is 1.61 bits per heavy atom. The summed E-state index contributed by atoms with van der Waals surface area (Å²) in [4.78, 5) is 18.2. The highest BCUT2D eigenvalue weighted by Crippen LogP contribution is 2.14. The van der Waals surface area contributed by atoms with Gasteiger partial charge in [0.05, 0.1) is 23.2 Å². The number of aryl methyl sites for hydroxylation is 1. The van der Waals surface area contributed by atoms with E-state index in [2.05, 4.69) is 10.3 Å². The molecule has 0 spiro atoms. The summed E-state index contributed by atoms with van der Waals surface area (Å²) in [6, 6.07) is 0. The molecule has 2 heterocycles. The predicted molar refractivity (Wildman–Crippen MR) is 78.8 cm³/mol. The van der Waals surface area contributed by atoms with Crippen molar-refractivity contribution in [2.24, 2.45) is 5.92 Å². The van der Waals surface area contributed by atoms with Crippen LogP contribution in [0.5, 0.6) is 0 Å². The van der Waals surface area contributed by atoms with Crippen LogP contribution in [0.4, 0.5) is 0 Å². The molecule has 0 saturated carbocycles. The lowest BCUT2D eigenvalue weighted by Gasteiger charge is -2.19. The largest absolute Gasteiger partial charge is 0.340 e. The van der Waals surface area contributed by atoms with Gasteiger partial charge in [0.2, 0.25) is 5.91 Å². The van der Waals surface area contributed by atoms with Crippen LogP contribution in [0, 0.1) is 12.8 Å². The Balaban J connectivity index is 0.00000144. The van der Waals surface area contributed by atoms with E-state index in [9.17, 15) is 4.79 Å². The average molecular weight is 312 g/mol. The molecule has 1 aromatic heterocycles. The van der Waals surface area contributed by atoms with Gasteiger partial charge < -0.3 is 10.2 Å². The van der Waals surface area contributed by atoms with Gasteiger partial charge in [-0.1, -0.05) is 0 Å². The molecule has 1 amide bonds. The molecule has 2 rings (SSSR count). The molecule has 1 aliphatic heterocycles. The number of amides is 1. The first-order chi connectivity index (χ1) is 7.66. The van der Waals surface area contributed by atoms with Crippen LogP contribution in [-0.2, 0) is 11.3 Å². The molecular weight excluding hydrogens is 293 g/mol. The topological polar surface area (TPSA) is 45.2 Å². The highest BCUT2D eigenvalue weighted by Gasteiger charge is 2.25. The zero-order chi connectivity index (χ0) is 11.5. The Morgan fingerprint density at radius 2 is 2.33 bits per heavy atom. The van der Waals surface area contributed by atoms with Crippen molar-refractivity contribution in [3.63, 3.8) is 0 Å². The smallest absolute Gasteiger partial charge is 0.227 e. The van der Waals surface area contributed by atoms with Crippen molar-refractivity contribution in [2.45, 2.75) is 19.9 Å². The lowest BCUT2D eigenvalue weighted by atomic mass is 10.1. The highest BCUT2D eigenvalue weighted by molar-refractivity contribution is 7.09. The number of carbonyl (C=O) groups is 1. The summed E-state index contributed by atoms with van der Waals surface area (Å²) in [7, 11) is 1.86. The highest BCUT2D eigenvalue weighted by atomic mass is 35.5. The van der Waals surface area contributed by atoms with Gasteiger partial charge in [0.25, 0.3) is 0 Å². The maximum atomic E-state index is 12.0. The van der Waals surface area contributed by atoms with Crippen LogP contribution in [-0.4, -0.2) is 35.9 Å². The van der Waals surface area contributed by atoms with Crippen molar-refractivity contribution in [3.8, 4) is 0 Å². The molecule has 1 aromatic rings. The van der Waals surface area contributed by atoms with Gasteiger partial charge >= 0.3 is 0 Å². The summed E-state index contributed by atoms with van der Waals surface area (Å²) >= 11 is 1.63. The number of halogens is 2. The molecule has 7 heteroatoms. The van der Waals surface area contributed by atoms with Gasteiger partial charge in [0, 0.05) is 19.0 Å². The second-order valence-corrected chi connectivity index (χ2v) is 5.30. The minimum absolute atomic E-state index is 0. The third kappa shape index (κ3) is 4.39. The molecule has 1 N–H and O–H groups in total. The number of thiazole rings is 1. The van der Waals surface area contributed by atoms with Gasteiger partial charge in [-0.3, -0.25) is 4.79 Å². The summed E-state index contributed by atoms with van der Waals surface area (Å²) < 4.78 is 0. The lowest BCUT2D eigenvalue weighted by molar-refractivity contribution is -0.134. The van der Waals surface area contributed by atoms with Crippen LogP contribution < -0.4 is 5.32 Å². The van der Waals surface area contributed by atoms with Crippen LogP contribution in [0.15, 0.2) is 5.38 Å². The molecule has 1 aliphatic rings. The number of nitrogens with one attached hydrogen (secondary N) is 1. The molecule has 0 bridgehead atoms. The fourth-order valence-corrected chi connectivity index (χ4v) is 2.58. The molecule has 4 nitrogen and oxygen atoms in total. The molecule has 1 unspecified atom stereocenters. The summed E-state index contributed by atoms with van der Waals surface area (Å²) in [5, 5.41) is 6.29. The van der Waals surface area contributed by atoms with Crippen molar-refractivity contribution < 1.29 is 4.79 Å². The minimum Gasteiger partial charge on any atom is -0.340 e. The zero-order valence-corrected chi connectivity index (χ0v) is 13.0. The van der Waals surface area contributed by atoms with Crippen molar-refractivity contribution in [2.75, 3.05) is 20.1 Å². The Labute approximate surface area is 124 Å². The summed E-state index contributed by atoms with van der Waals surface area (Å²) in [6.45, 7) is 4.38. The Morgan fingerprint density at radius 3 is 2.83 bits per heavy atom. The van der Waals surface area contributed by atoms with Crippen molar-refractivity contribution in [3.05, 3.63) is 16.1 Å². The number of hydrogen-bond donors (Lipinski definition) is 1. The fourth-order valence-electron chi connectivity index (χ4n) is 1.98. The molecular formula is C11H19Cl2N3OS. The van der Waals surface area contributed by atoms with E-state index in [0.717, 1.165) is 30.2 Å². The number of nitrogens with zero attached hydrogens (tertiary/aromatic N) is 2. The van der Waals surface area contributed by atoms with Crippen LogP contribution in [0.1, 0.15) is 17.1 Å². The zero-order valence-electron chi connectivity index (χ0n) is 10.5. The van der Waals surface area contributed by atoms with Crippen molar-refractivity contribution in [1.29, 1.82) is 0 Å². The maximum Gasteiger partial charge on any atom is 0.227 e. The quantitative estimate of drug-likeness (QED) is 0.927. The van der Waals surface area contributed by atoms with Gasteiger partial charge in [-0.15, -0.1) is 36.2 Å². The lowest BCUT2D eigenvalue weighted by Crippen LogP contribution is -2.33. The van der Waals surface area contributed by atoms with E-state index >= 15 is 0 Å². The van der Waals surface area contributed by atoms with Gasteiger partial charge in [-0.25, -0.2) is 4.98 Å². The van der Waals surface area contributed by atoms with E-state index in [0.29, 0.717) is 6.54 Å². The second-order valence-electron chi connectivity index (χ2n) is 4.24. The standard InChI is InChI=1S/C11H17N3OS.2ClH/c1-8-13-10(7-16-8)6-14(2)11(15)9-3-4-12-5-9;;/h7,9,12H,3-6H2,1-2H3;2*1H. The number of rotatable bonds is 3. The van der Waals surface area contributed by atoms with Crippen LogP contribution >= 0.6 is 36.2 Å². The normalized spacial score (nSPS) is 17.8. The molecule has 1 atom stereocenters. The third-order valence-corrected chi connectivity index (χ3v) is 3.67. The molecule has 1 saturated heterocycles. The SMILES string of the molecule is Cc1nc(CN(C)C(=O)C2CCNC2)cs1.Cl.Cl. The Hall–Kier alpha value is -0.360. The Kier molecular flexibility index (Phi) is 7.78. The van der Waals surface area contributed by atoms with Gasteiger partial charge in [-0.05, 0) is 19.9 Å². The molecule has 0 aliphatic carbocycles. The number of carbonyl (C=O) groups excluding carboxylic acids is 1. The first-order valence-electron chi connectivity index (χ1n) is 5.53. The van der Waals surface area contributed by atoms with Gasteiger partial charge in [0.15, 0.2) is 0 Å². The predicted octanol–water partition coefficient (Wildman–Crippen LogP) is 1.86. The van der Waals surface area contributed by atoms with Gasteiger partial charge in [-0.2, -0.15) is 0 Å². The van der Waals surface area contributed by atoms with E-state index in [-0.39, 0.29) is 36.6 Å². The van der Waals surface area contributed by atoms with Crippen LogP contribution in [0.25, 0.3) is 0 Å². The van der Waals surface area contributed by atoms with E-state index in [1.807, 2.05) is 19.4 Å². The molecule has 0 radical (unpaired) electrons. The molecule has 104 valence electrons. The third-order valence-electron chi connectivity index (χ3n) is 2.85. The van der Waals surface area contributed by atoms with Gasteiger partial charge in [0.1, 0.15) is 0 Å². The Bertz CT molecular complexity index is 380. The average Bonchev–Trinajstić information content (AvgIpc) is 2.88. The van der Waals surface area contributed by atoms with Crippen molar-refractivity contribution >= 4 is 42.1 Å². The number of hydrogen-bond acceptors (Lipinski definition) is 4. The van der Waals surface area contributed by atoms with Crippen LogP contribution in [0.2, 0.25) is 0 Å². The summed E-state index contributed by atoms with van der Waals surface area (Å²) in [6.07, 6.45) is 0.958. The maximum absolute atomic E-state index is 12.0. The minimum atomic E-state index is 0. The van der Waals surface area contributed by atoms with E-state index < -0.39 is 0 Å². The van der Waals surface area contributed by atoms with Crippen LogP contribution in [0.3, 0.4) is 0 Å². The number of aromatic nitrogens is 1. The molecule has 1 fully saturated rings. The van der Waals surface area contributed by atoms with E-state index in [1.165, 1.54) is 0 Å². The summed E-state index contributed by atoms with van der Waals surface area (Å²) in [5.74, 6) is 0.389. The first kappa shape index (κ1) is 17.6. The molecule has 18 heavy (non-hydrogen) atoms. The molecule has 0 aromatic carbocycles. The monoisotopic (exact) mass is 311 g/mol. The van der Waals surface area contributed by atoms with E-state index in [1.54, 1.807) is 16.2 Å².